The van der Waals surface area contributed by atoms with E-state index < -0.39 is 11.9 Å². The fourth-order valence-electron chi connectivity index (χ4n) is 1.97. The molecule has 1 rings (SSSR count). The molecule has 0 fully saturated rings. The highest BCUT2D eigenvalue weighted by molar-refractivity contribution is 7.14. The van der Waals surface area contributed by atoms with E-state index in [9.17, 15) is 14.4 Å². The van der Waals surface area contributed by atoms with Crippen LogP contribution in [0.15, 0.2) is 12.1 Å². The van der Waals surface area contributed by atoms with Gasteiger partial charge in [-0.15, -0.1) is 11.3 Å². The summed E-state index contributed by atoms with van der Waals surface area (Å²) in [5.41, 5.74) is 0. The Hall–Kier alpha value is -1.69. The molecule has 1 heterocycles. The lowest BCUT2D eigenvalue weighted by molar-refractivity contribution is -0.138. The number of aliphatic carboxylic acids is 2. The van der Waals surface area contributed by atoms with Gasteiger partial charge in [0.15, 0.2) is 5.78 Å². The van der Waals surface area contributed by atoms with E-state index in [1.807, 2.05) is 13.0 Å². The summed E-state index contributed by atoms with van der Waals surface area (Å²) in [5, 5.41) is 17.2. The number of carboxylic acid groups (broad SMARTS) is 2. The topological polar surface area (TPSA) is 91.7 Å². The van der Waals surface area contributed by atoms with Gasteiger partial charge in [-0.2, -0.15) is 0 Å². The van der Waals surface area contributed by atoms with Crippen LogP contribution in [0, 0.1) is 5.92 Å². The second kappa shape index (κ2) is 8.56. The lowest BCUT2D eigenvalue weighted by atomic mass is 10.0. The maximum Gasteiger partial charge on any atom is 0.303 e. The van der Waals surface area contributed by atoms with Gasteiger partial charge in [-0.1, -0.05) is 6.92 Å². The number of Topliss-reactive ketones (excluding diaryl/α,β-unsaturated/α-hetero) is 1. The Bertz CT molecular complexity index is 506. The molecule has 0 aliphatic carbocycles. The largest absolute Gasteiger partial charge is 0.481 e. The Labute approximate surface area is 127 Å². The third-order valence-corrected chi connectivity index (χ3v) is 4.32. The summed E-state index contributed by atoms with van der Waals surface area (Å²) >= 11 is 1.42. The molecular formula is C15H20O5S. The van der Waals surface area contributed by atoms with E-state index in [1.165, 1.54) is 11.3 Å². The zero-order chi connectivity index (χ0) is 15.8. The van der Waals surface area contributed by atoms with Gasteiger partial charge in [0.05, 0.1) is 4.88 Å². The third kappa shape index (κ3) is 7.04. The summed E-state index contributed by atoms with van der Waals surface area (Å²) < 4.78 is 0. The molecule has 0 bridgehead atoms. The fraction of sp³-hybridized carbons (Fsp3) is 0.533. The van der Waals surface area contributed by atoms with Crippen molar-refractivity contribution in [3.8, 4) is 0 Å². The smallest absolute Gasteiger partial charge is 0.303 e. The standard InChI is InChI=1S/C15H20O5S/c1-10(9-15(19)20)5-6-11-7-8-13(21-11)12(16)3-2-4-14(17)18/h7-8,10H,2-6,9H2,1H3,(H,17,18)(H,19,20). The average molecular weight is 312 g/mol. The summed E-state index contributed by atoms with van der Waals surface area (Å²) in [6.07, 6.45) is 2.32. The highest BCUT2D eigenvalue weighted by atomic mass is 32.1. The van der Waals surface area contributed by atoms with Crippen molar-refractivity contribution in [1.82, 2.24) is 0 Å². The van der Waals surface area contributed by atoms with Crippen molar-refractivity contribution in [2.75, 3.05) is 0 Å². The number of hydrogen-bond acceptors (Lipinski definition) is 4. The first-order chi connectivity index (χ1) is 9.88. The van der Waals surface area contributed by atoms with E-state index in [1.54, 1.807) is 6.07 Å². The van der Waals surface area contributed by atoms with Gasteiger partial charge in [-0.3, -0.25) is 14.4 Å². The first-order valence-corrected chi connectivity index (χ1v) is 7.75. The molecular weight excluding hydrogens is 292 g/mol. The minimum Gasteiger partial charge on any atom is -0.481 e. The molecule has 0 aliphatic rings. The number of carbonyl (C=O) groups is 3. The van der Waals surface area contributed by atoms with Crippen molar-refractivity contribution >= 4 is 29.1 Å². The van der Waals surface area contributed by atoms with Crippen LogP contribution in [-0.4, -0.2) is 27.9 Å². The number of ketones is 1. The normalized spacial score (nSPS) is 12.0. The molecule has 1 unspecified atom stereocenters. The first kappa shape index (κ1) is 17.4. The molecule has 0 amide bonds. The number of aryl methyl sites for hydroxylation is 1. The number of carboxylic acids is 2. The number of hydrogen-bond donors (Lipinski definition) is 2. The van der Waals surface area contributed by atoms with Crippen molar-refractivity contribution in [1.29, 1.82) is 0 Å². The summed E-state index contributed by atoms with van der Waals surface area (Å²) in [5.74, 6) is -1.59. The van der Waals surface area contributed by atoms with E-state index in [4.69, 9.17) is 10.2 Å². The maximum absolute atomic E-state index is 11.9. The maximum atomic E-state index is 11.9. The number of carbonyl (C=O) groups excluding carboxylic acids is 1. The van der Waals surface area contributed by atoms with Crippen LogP contribution in [-0.2, 0) is 16.0 Å². The second-order valence-corrected chi connectivity index (χ2v) is 6.35. The zero-order valence-corrected chi connectivity index (χ0v) is 12.8. The zero-order valence-electron chi connectivity index (χ0n) is 12.0. The summed E-state index contributed by atoms with van der Waals surface area (Å²) in [6, 6.07) is 3.66. The summed E-state index contributed by atoms with van der Waals surface area (Å²) in [6.45, 7) is 1.90. The monoisotopic (exact) mass is 312 g/mol. The quantitative estimate of drug-likeness (QED) is 0.647. The van der Waals surface area contributed by atoms with Crippen LogP contribution in [0.3, 0.4) is 0 Å². The fourth-order valence-corrected chi connectivity index (χ4v) is 2.96. The number of rotatable bonds is 10. The van der Waals surface area contributed by atoms with Crippen molar-refractivity contribution in [3.63, 3.8) is 0 Å². The minimum atomic E-state index is -0.887. The lowest BCUT2D eigenvalue weighted by Gasteiger charge is -2.06. The Balaban J connectivity index is 2.40. The minimum absolute atomic E-state index is 0.0106. The molecule has 2 N–H and O–H groups in total. The van der Waals surface area contributed by atoms with Gasteiger partial charge in [-0.25, -0.2) is 0 Å². The van der Waals surface area contributed by atoms with Crippen molar-refractivity contribution in [3.05, 3.63) is 21.9 Å². The Morgan fingerprint density at radius 3 is 2.48 bits per heavy atom. The molecule has 0 saturated heterocycles. The molecule has 0 radical (unpaired) electrons. The highest BCUT2D eigenvalue weighted by Gasteiger charge is 2.12. The SMILES string of the molecule is CC(CCc1ccc(C(=O)CCCC(=O)O)s1)CC(=O)O. The average Bonchev–Trinajstić information content (AvgIpc) is 2.83. The first-order valence-electron chi connectivity index (χ1n) is 6.94. The molecule has 1 aromatic rings. The second-order valence-electron chi connectivity index (χ2n) is 5.18. The molecule has 21 heavy (non-hydrogen) atoms. The van der Waals surface area contributed by atoms with Crippen LogP contribution in [0.5, 0.6) is 0 Å². The third-order valence-electron chi connectivity index (χ3n) is 3.14. The van der Waals surface area contributed by atoms with Crippen molar-refractivity contribution in [2.24, 2.45) is 5.92 Å². The molecule has 0 aliphatic heterocycles. The van der Waals surface area contributed by atoms with Crippen LogP contribution in [0.2, 0.25) is 0 Å². The van der Waals surface area contributed by atoms with E-state index in [2.05, 4.69) is 0 Å². The molecule has 1 aromatic heterocycles. The predicted octanol–water partition coefficient (Wildman–Crippen LogP) is 3.23. The molecule has 6 heteroatoms. The lowest BCUT2D eigenvalue weighted by Crippen LogP contribution is -2.04. The molecule has 5 nitrogen and oxygen atoms in total. The molecule has 116 valence electrons. The van der Waals surface area contributed by atoms with E-state index in [0.717, 1.165) is 17.7 Å². The van der Waals surface area contributed by atoms with Crippen molar-refractivity contribution < 1.29 is 24.6 Å². The Morgan fingerprint density at radius 1 is 1.14 bits per heavy atom. The van der Waals surface area contributed by atoms with Gasteiger partial charge < -0.3 is 10.2 Å². The predicted molar refractivity (Wildman–Crippen MR) is 79.9 cm³/mol. The van der Waals surface area contributed by atoms with Gasteiger partial charge in [0.25, 0.3) is 0 Å². The Morgan fingerprint density at radius 2 is 1.86 bits per heavy atom. The van der Waals surface area contributed by atoms with Crippen LogP contribution in [0.1, 0.15) is 53.6 Å². The van der Waals surface area contributed by atoms with Crippen LogP contribution in [0.25, 0.3) is 0 Å². The van der Waals surface area contributed by atoms with Crippen LogP contribution >= 0.6 is 11.3 Å². The van der Waals surface area contributed by atoms with E-state index >= 15 is 0 Å². The van der Waals surface area contributed by atoms with Gasteiger partial charge in [0.1, 0.15) is 0 Å². The molecule has 0 saturated carbocycles. The number of thiophene rings is 1. The van der Waals surface area contributed by atoms with Crippen molar-refractivity contribution in [2.45, 2.75) is 45.4 Å². The summed E-state index contributed by atoms with van der Waals surface area (Å²) in [7, 11) is 0. The van der Waals surface area contributed by atoms with Gasteiger partial charge in [0.2, 0.25) is 0 Å². The van der Waals surface area contributed by atoms with Crippen LogP contribution in [0.4, 0.5) is 0 Å². The summed E-state index contributed by atoms with van der Waals surface area (Å²) in [4.78, 5) is 34.6. The van der Waals surface area contributed by atoms with E-state index in [0.29, 0.717) is 11.3 Å². The van der Waals surface area contributed by atoms with Gasteiger partial charge in [0, 0.05) is 24.1 Å². The Kier molecular flexibility index (Phi) is 7.08. The highest BCUT2D eigenvalue weighted by Crippen LogP contribution is 2.22. The molecule has 1 atom stereocenters. The van der Waals surface area contributed by atoms with Crippen LogP contribution < -0.4 is 0 Å². The molecule has 0 aromatic carbocycles. The molecule has 0 spiro atoms. The van der Waals surface area contributed by atoms with Gasteiger partial charge >= 0.3 is 11.9 Å². The van der Waals surface area contributed by atoms with Gasteiger partial charge in [-0.05, 0) is 37.3 Å². The van der Waals surface area contributed by atoms with E-state index in [-0.39, 0.29) is 31.0 Å².